The van der Waals surface area contributed by atoms with E-state index in [1.807, 2.05) is 0 Å². The lowest BCUT2D eigenvalue weighted by molar-refractivity contribution is 0.480. The number of halogens is 1. The Morgan fingerprint density at radius 1 is 1.25 bits per heavy atom. The minimum absolute atomic E-state index is 0.122. The standard InChI is InChI=1S/C8H5ClN2O/c9-8-5-2-1-3-6(12)7(5)10-4-11-8/h1-4,12H. The maximum atomic E-state index is 9.35. The Bertz CT molecular complexity index is 389. The van der Waals surface area contributed by atoms with E-state index in [0.29, 0.717) is 16.1 Å². The minimum atomic E-state index is 0.122. The molecule has 4 heteroatoms. The highest BCUT2D eigenvalue weighted by atomic mass is 35.5. The molecule has 0 unspecified atom stereocenters. The molecule has 0 saturated heterocycles. The van der Waals surface area contributed by atoms with E-state index in [1.165, 1.54) is 6.33 Å². The zero-order valence-electron chi connectivity index (χ0n) is 6.03. The van der Waals surface area contributed by atoms with Crippen molar-refractivity contribution >= 4 is 22.5 Å². The molecule has 0 aliphatic carbocycles. The fourth-order valence-electron chi connectivity index (χ4n) is 1.04. The zero-order chi connectivity index (χ0) is 8.55. The van der Waals surface area contributed by atoms with Crippen LogP contribution in [0.2, 0.25) is 5.15 Å². The second-order valence-corrected chi connectivity index (χ2v) is 2.70. The lowest BCUT2D eigenvalue weighted by Gasteiger charge is -1.98. The molecule has 0 saturated carbocycles. The van der Waals surface area contributed by atoms with E-state index in [9.17, 15) is 5.11 Å². The quantitative estimate of drug-likeness (QED) is 0.631. The number of rotatable bonds is 0. The van der Waals surface area contributed by atoms with Gasteiger partial charge < -0.3 is 5.11 Å². The predicted octanol–water partition coefficient (Wildman–Crippen LogP) is 1.99. The van der Waals surface area contributed by atoms with E-state index in [0.717, 1.165) is 0 Å². The molecule has 2 rings (SSSR count). The number of nitrogens with zero attached hydrogens (tertiary/aromatic N) is 2. The molecule has 1 heterocycles. The van der Waals surface area contributed by atoms with E-state index < -0.39 is 0 Å². The molecule has 3 nitrogen and oxygen atoms in total. The molecule has 1 aromatic heterocycles. The Morgan fingerprint density at radius 3 is 2.83 bits per heavy atom. The van der Waals surface area contributed by atoms with Gasteiger partial charge in [0, 0.05) is 5.39 Å². The van der Waals surface area contributed by atoms with Crippen molar-refractivity contribution in [3.8, 4) is 5.75 Å². The molecule has 2 aromatic rings. The summed E-state index contributed by atoms with van der Waals surface area (Å²) in [5, 5.41) is 10.4. The molecule has 0 atom stereocenters. The van der Waals surface area contributed by atoms with Crippen molar-refractivity contribution in [1.82, 2.24) is 9.97 Å². The number of para-hydroxylation sites is 1. The van der Waals surface area contributed by atoms with Gasteiger partial charge in [0.2, 0.25) is 0 Å². The van der Waals surface area contributed by atoms with Crippen molar-refractivity contribution in [3.63, 3.8) is 0 Å². The van der Waals surface area contributed by atoms with Gasteiger partial charge in [-0.05, 0) is 12.1 Å². The second-order valence-electron chi connectivity index (χ2n) is 2.34. The van der Waals surface area contributed by atoms with Crippen LogP contribution in [-0.4, -0.2) is 15.1 Å². The van der Waals surface area contributed by atoms with Crippen LogP contribution in [0.1, 0.15) is 0 Å². The van der Waals surface area contributed by atoms with Crippen LogP contribution in [0.25, 0.3) is 10.9 Å². The van der Waals surface area contributed by atoms with Crippen LogP contribution < -0.4 is 0 Å². The summed E-state index contributed by atoms with van der Waals surface area (Å²) in [4.78, 5) is 7.69. The average Bonchev–Trinajstić information content (AvgIpc) is 2.07. The topological polar surface area (TPSA) is 46.0 Å². The first-order chi connectivity index (χ1) is 5.79. The number of fused-ring (bicyclic) bond motifs is 1. The van der Waals surface area contributed by atoms with E-state index in [-0.39, 0.29) is 5.75 Å². The number of aromatic nitrogens is 2. The highest BCUT2D eigenvalue weighted by molar-refractivity contribution is 6.34. The van der Waals surface area contributed by atoms with Gasteiger partial charge in [-0.15, -0.1) is 0 Å². The van der Waals surface area contributed by atoms with Gasteiger partial charge in [-0.25, -0.2) is 9.97 Å². The van der Waals surface area contributed by atoms with Crippen molar-refractivity contribution in [2.75, 3.05) is 0 Å². The Balaban J connectivity index is 2.94. The first kappa shape index (κ1) is 7.31. The molecule has 0 fully saturated rings. The third-order valence-corrected chi connectivity index (χ3v) is 1.90. The summed E-state index contributed by atoms with van der Waals surface area (Å²) in [6, 6.07) is 5.02. The van der Waals surface area contributed by atoms with Gasteiger partial charge in [0.25, 0.3) is 0 Å². The Kier molecular flexibility index (Phi) is 1.59. The lowest BCUT2D eigenvalue weighted by Crippen LogP contribution is -1.83. The summed E-state index contributed by atoms with van der Waals surface area (Å²) < 4.78 is 0. The van der Waals surface area contributed by atoms with Gasteiger partial charge >= 0.3 is 0 Å². The van der Waals surface area contributed by atoms with Crippen molar-refractivity contribution in [3.05, 3.63) is 29.7 Å². The van der Waals surface area contributed by atoms with Crippen LogP contribution in [0.4, 0.5) is 0 Å². The van der Waals surface area contributed by atoms with Crippen molar-refractivity contribution in [2.45, 2.75) is 0 Å². The van der Waals surface area contributed by atoms with Gasteiger partial charge in [0.15, 0.2) is 0 Å². The normalized spacial score (nSPS) is 10.4. The Morgan fingerprint density at radius 2 is 2.08 bits per heavy atom. The van der Waals surface area contributed by atoms with Crippen LogP contribution >= 0.6 is 11.6 Å². The molecule has 12 heavy (non-hydrogen) atoms. The summed E-state index contributed by atoms with van der Waals surface area (Å²) in [5.41, 5.74) is 0.484. The van der Waals surface area contributed by atoms with Crippen LogP contribution in [0, 0.1) is 0 Å². The maximum absolute atomic E-state index is 9.35. The molecule has 1 N–H and O–H groups in total. The molecular weight excluding hydrogens is 176 g/mol. The third kappa shape index (κ3) is 0.987. The first-order valence-electron chi connectivity index (χ1n) is 3.37. The molecule has 0 radical (unpaired) electrons. The number of phenolic OH excluding ortho intramolecular Hbond substituents is 1. The lowest BCUT2D eigenvalue weighted by atomic mass is 10.2. The average molecular weight is 181 g/mol. The summed E-state index contributed by atoms with van der Waals surface area (Å²) in [6.07, 6.45) is 1.32. The second kappa shape index (κ2) is 2.60. The van der Waals surface area contributed by atoms with Crippen LogP contribution in [0.15, 0.2) is 24.5 Å². The van der Waals surface area contributed by atoms with E-state index in [2.05, 4.69) is 9.97 Å². The summed E-state index contributed by atoms with van der Waals surface area (Å²) in [5.74, 6) is 0.122. The maximum Gasteiger partial charge on any atom is 0.141 e. The van der Waals surface area contributed by atoms with Crippen molar-refractivity contribution < 1.29 is 5.11 Å². The molecule has 1 aromatic carbocycles. The van der Waals surface area contributed by atoms with Gasteiger partial charge in [0.05, 0.1) is 0 Å². The number of hydrogen-bond donors (Lipinski definition) is 1. The van der Waals surface area contributed by atoms with E-state index in [4.69, 9.17) is 11.6 Å². The summed E-state index contributed by atoms with van der Waals surface area (Å²) in [7, 11) is 0. The highest BCUT2D eigenvalue weighted by Gasteiger charge is 2.03. The number of phenols is 1. The molecule has 0 aliphatic rings. The van der Waals surface area contributed by atoms with Crippen LogP contribution in [0.5, 0.6) is 5.75 Å². The molecule has 0 amide bonds. The highest BCUT2D eigenvalue weighted by Crippen LogP contribution is 2.25. The molecule has 60 valence electrons. The van der Waals surface area contributed by atoms with E-state index >= 15 is 0 Å². The fraction of sp³-hybridized carbons (Fsp3) is 0. The molecule has 0 aliphatic heterocycles. The number of benzene rings is 1. The number of aromatic hydroxyl groups is 1. The third-order valence-electron chi connectivity index (χ3n) is 1.59. The largest absolute Gasteiger partial charge is 0.506 e. The fourth-order valence-corrected chi connectivity index (χ4v) is 1.24. The summed E-state index contributed by atoms with van der Waals surface area (Å²) in [6.45, 7) is 0. The monoisotopic (exact) mass is 180 g/mol. The molecular formula is C8H5ClN2O. The van der Waals surface area contributed by atoms with Gasteiger partial charge in [0.1, 0.15) is 22.7 Å². The van der Waals surface area contributed by atoms with Gasteiger partial charge in [-0.1, -0.05) is 17.7 Å². The van der Waals surface area contributed by atoms with Gasteiger partial charge in [-0.2, -0.15) is 0 Å². The minimum Gasteiger partial charge on any atom is -0.506 e. The first-order valence-corrected chi connectivity index (χ1v) is 3.75. The van der Waals surface area contributed by atoms with Crippen molar-refractivity contribution in [1.29, 1.82) is 0 Å². The Hall–Kier alpha value is -1.35. The van der Waals surface area contributed by atoms with Gasteiger partial charge in [-0.3, -0.25) is 0 Å². The number of hydrogen-bond acceptors (Lipinski definition) is 3. The van der Waals surface area contributed by atoms with E-state index in [1.54, 1.807) is 18.2 Å². The SMILES string of the molecule is Oc1cccc2c(Cl)ncnc12. The van der Waals surface area contributed by atoms with Crippen LogP contribution in [-0.2, 0) is 0 Å². The zero-order valence-corrected chi connectivity index (χ0v) is 6.78. The predicted molar refractivity (Wildman–Crippen MR) is 46.2 cm³/mol. The Labute approximate surface area is 73.6 Å². The summed E-state index contributed by atoms with van der Waals surface area (Å²) >= 11 is 5.77. The smallest absolute Gasteiger partial charge is 0.141 e. The van der Waals surface area contributed by atoms with Crippen LogP contribution in [0.3, 0.4) is 0 Å². The van der Waals surface area contributed by atoms with Crippen molar-refractivity contribution in [2.24, 2.45) is 0 Å². The molecule has 0 bridgehead atoms. The molecule has 0 spiro atoms.